The number of thiazole rings is 1. The minimum Gasteiger partial charge on any atom is -0.436 e. The van der Waals surface area contributed by atoms with E-state index >= 15 is 0 Å². The zero-order valence-corrected chi connectivity index (χ0v) is 10.1. The van der Waals surface area contributed by atoms with Gasteiger partial charge in [-0.05, 0) is 30.3 Å². The molecule has 0 aliphatic rings. The number of oxazole rings is 1. The van der Waals surface area contributed by atoms with Gasteiger partial charge in [0.25, 0.3) is 0 Å². The van der Waals surface area contributed by atoms with E-state index in [1.807, 2.05) is 41.9 Å². The third kappa shape index (κ3) is 1.43. The summed E-state index contributed by atoms with van der Waals surface area (Å²) in [4.78, 5) is 8.76. The van der Waals surface area contributed by atoms with Gasteiger partial charge in [-0.3, -0.25) is 0 Å². The van der Waals surface area contributed by atoms with Crippen molar-refractivity contribution < 1.29 is 4.42 Å². The second-order valence-electron chi connectivity index (χ2n) is 4.02. The quantitative estimate of drug-likeness (QED) is 0.512. The van der Waals surface area contributed by atoms with Gasteiger partial charge in [0.1, 0.15) is 5.52 Å². The second-order valence-corrected chi connectivity index (χ2v) is 4.91. The van der Waals surface area contributed by atoms with E-state index in [1.165, 1.54) is 0 Å². The first-order valence-corrected chi connectivity index (χ1v) is 6.47. The van der Waals surface area contributed by atoms with Crippen LogP contribution >= 0.6 is 11.3 Å². The molecule has 2 aromatic carbocycles. The molecular weight excluding hydrogens is 244 g/mol. The van der Waals surface area contributed by atoms with Crippen molar-refractivity contribution >= 4 is 32.7 Å². The zero-order chi connectivity index (χ0) is 11.9. The molecule has 0 saturated heterocycles. The summed E-state index contributed by atoms with van der Waals surface area (Å²) in [5.41, 5.74) is 5.55. The number of nitrogens with zero attached hydrogens (tertiary/aromatic N) is 2. The van der Waals surface area contributed by atoms with E-state index < -0.39 is 0 Å². The number of rotatable bonds is 1. The van der Waals surface area contributed by atoms with Crippen LogP contribution in [0.4, 0.5) is 0 Å². The van der Waals surface area contributed by atoms with Gasteiger partial charge in [0.05, 0.1) is 15.7 Å². The first-order chi connectivity index (χ1) is 8.90. The molecule has 0 N–H and O–H groups in total. The van der Waals surface area contributed by atoms with E-state index in [4.69, 9.17) is 4.42 Å². The van der Waals surface area contributed by atoms with Crippen molar-refractivity contribution in [3.05, 3.63) is 48.0 Å². The van der Waals surface area contributed by atoms with E-state index in [0.717, 1.165) is 26.9 Å². The molecule has 0 aliphatic carbocycles. The van der Waals surface area contributed by atoms with Gasteiger partial charge in [0.15, 0.2) is 5.58 Å². The highest BCUT2D eigenvalue weighted by atomic mass is 32.1. The Labute approximate surface area is 107 Å². The number of para-hydroxylation sites is 2. The van der Waals surface area contributed by atoms with Gasteiger partial charge >= 0.3 is 0 Å². The van der Waals surface area contributed by atoms with E-state index in [0.29, 0.717) is 5.89 Å². The summed E-state index contributed by atoms with van der Waals surface area (Å²) >= 11 is 1.62. The standard InChI is InChI=1S/C14H8N2OS/c1-2-4-12-10(3-1)16-14(17-12)9-5-6-11-13(7-9)18-8-15-11/h1-8H. The van der Waals surface area contributed by atoms with Gasteiger partial charge in [-0.2, -0.15) is 0 Å². The lowest BCUT2D eigenvalue weighted by Gasteiger charge is -1.94. The Morgan fingerprint density at radius 2 is 1.94 bits per heavy atom. The summed E-state index contributed by atoms with van der Waals surface area (Å²) in [6.45, 7) is 0. The largest absolute Gasteiger partial charge is 0.436 e. The van der Waals surface area contributed by atoms with Gasteiger partial charge < -0.3 is 4.42 Å². The number of hydrogen-bond acceptors (Lipinski definition) is 4. The fourth-order valence-electron chi connectivity index (χ4n) is 1.98. The molecular formula is C14H8N2OS. The predicted molar refractivity (Wildman–Crippen MR) is 72.6 cm³/mol. The smallest absolute Gasteiger partial charge is 0.227 e. The third-order valence-corrected chi connectivity index (χ3v) is 3.66. The molecule has 0 amide bonds. The summed E-state index contributed by atoms with van der Waals surface area (Å²) in [5.74, 6) is 0.659. The molecule has 0 radical (unpaired) electrons. The van der Waals surface area contributed by atoms with Crippen LogP contribution in [-0.4, -0.2) is 9.97 Å². The van der Waals surface area contributed by atoms with Crippen LogP contribution < -0.4 is 0 Å². The Balaban J connectivity index is 1.94. The van der Waals surface area contributed by atoms with Gasteiger partial charge in [0, 0.05) is 5.56 Å². The Hall–Kier alpha value is -2.20. The first kappa shape index (κ1) is 9.79. The van der Waals surface area contributed by atoms with Crippen molar-refractivity contribution in [3.63, 3.8) is 0 Å². The molecule has 4 rings (SSSR count). The minimum atomic E-state index is 0.659. The molecule has 0 aliphatic heterocycles. The van der Waals surface area contributed by atoms with Crippen LogP contribution in [0.5, 0.6) is 0 Å². The summed E-state index contributed by atoms with van der Waals surface area (Å²) in [7, 11) is 0. The fourth-order valence-corrected chi connectivity index (χ4v) is 2.70. The molecule has 18 heavy (non-hydrogen) atoms. The maximum atomic E-state index is 5.75. The highest BCUT2D eigenvalue weighted by molar-refractivity contribution is 7.16. The summed E-state index contributed by atoms with van der Waals surface area (Å²) in [6, 6.07) is 13.8. The third-order valence-electron chi connectivity index (χ3n) is 2.87. The number of fused-ring (bicyclic) bond motifs is 2. The minimum absolute atomic E-state index is 0.659. The van der Waals surface area contributed by atoms with Crippen molar-refractivity contribution in [2.24, 2.45) is 0 Å². The monoisotopic (exact) mass is 252 g/mol. The van der Waals surface area contributed by atoms with Crippen molar-refractivity contribution in [3.8, 4) is 11.5 Å². The molecule has 4 heteroatoms. The molecule has 0 saturated carbocycles. The van der Waals surface area contributed by atoms with Crippen LogP contribution in [0.2, 0.25) is 0 Å². The Bertz CT molecular complexity index is 814. The maximum absolute atomic E-state index is 5.75. The number of benzene rings is 2. The lowest BCUT2D eigenvalue weighted by molar-refractivity contribution is 0.620. The Morgan fingerprint density at radius 1 is 1.00 bits per heavy atom. The maximum Gasteiger partial charge on any atom is 0.227 e. The van der Waals surface area contributed by atoms with Crippen LogP contribution in [0.25, 0.3) is 32.8 Å². The summed E-state index contributed by atoms with van der Waals surface area (Å²) < 4.78 is 6.90. The van der Waals surface area contributed by atoms with Crippen LogP contribution in [-0.2, 0) is 0 Å². The van der Waals surface area contributed by atoms with Gasteiger partial charge in [-0.25, -0.2) is 9.97 Å². The van der Waals surface area contributed by atoms with Gasteiger partial charge in [0.2, 0.25) is 5.89 Å². The molecule has 0 unspecified atom stereocenters. The molecule has 0 spiro atoms. The molecule has 2 heterocycles. The summed E-state index contributed by atoms with van der Waals surface area (Å²) in [6.07, 6.45) is 0. The average molecular weight is 252 g/mol. The molecule has 3 nitrogen and oxygen atoms in total. The predicted octanol–water partition coefficient (Wildman–Crippen LogP) is 4.10. The second kappa shape index (κ2) is 3.65. The van der Waals surface area contributed by atoms with E-state index in [1.54, 1.807) is 11.3 Å². The Kier molecular flexibility index (Phi) is 1.98. The normalized spacial score (nSPS) is 11.3. The van der Waals surface area contributed by atoms with Crippen LogP contribution in [0, 0.1) is 0 Å². The van der Waals surface area contributed by atoms with Crippen LogP contribution in [0.15, 0.2) is 52.4 Å². The van der Waals surface area contributed by atoms with E-state index in [-0.39, 0.29) is 0 Å². The number of hydrogen-bond donors (Lipinski definition) is 0. The summed E-state index contributed by atoms with van der Waals surface area (Å²) in [5, 5.41) is 0. The van der Waals surface area contributed by atoms with E-state index in [2.05, 4.69) is 16.0 Å². The average Bonchev–Trinajstić information content (AvgIpc) is 3.04. The van der Waals surface area contributed by atoms with Crippen LogP contribution in [0.1, 0.15) is 0 Å². The lowest BCUT2D eigenvalue weighted by Crippen LogP contribution is -1.76. The van der Waals surface area contributed by atoms with E-state index in [9.17, 15) is 0 Å². The molecule has 0 atom stereocenters. The van der Waals surface area contributed by atoms with Crippen LogP contribution in [0.3, 0.4) is 0 Å². The zero-order valence-electron chi connectivity index (χ0n) is 9.33. The molecule has 0 bridgehead atoms. The van der Waals surface area contributed by atoms with Gasteiger partial charge in [-0.1, -0.05) is 12.1 Å². The highest BCUT2D eigenvalue weighted by Gasteiger charge is 2.08. The molecule has 4 aromatic rings. The van der Waals surface area contributed by atoms with Crippen molar-refractivity contribution in [2.75, 3.05) is 0 Å². The molecule has 86 valence electrons. The number of aromatic nitrogens is 2. The molecule has 0 fully saturated rings. The van der Waals surface area contributed by atoms with Crippen molar-refractivity contribution in [1.82, 2.24) is 9.97 Å². The SMILES string of the molecule is c1ccc2oc(-c3ccc4ncsc4c3)nc2c1. The van der Waals surface area contributed by atoms with Crippen molar-refractivity contribution in [1.29, 1.82) is 0 Å². The lowest BCUT2D eigenvalue weighted by atomic mass is 10.2. The molecule has 2 aromatic heterocycles. The fraction of sp³-hybridized carbons (Fsp3) is 0. The highest BCUT2D eigenvalue weighted by Crippen LogP contribution is 2.28. The van der Waals surface area contributed by atoms with Gasteiger partial charge in [-0.15, -0.1) is 11.3 Å². The van der Waals surface area contributed by atoms with Crippen molar-refractivity contribution in [2.45, 2.75) is 0 Å². The topological polar surface area (TPSA) is 38.9 Å². The Morgan fingerprint density at radius 3 is 2.89 bits per heavy atom. The first-order valence-electron chi connectivity index (χ1n) is 5.59.